The van der Waals surface area contributed by atoms with E-state index in [1.54, 1.807) is 24.3 Å². The summed E-state index contributed by atoms with van der Waals surface area (Å²) >= 11 is 1.51. The number of hydrogen-bond acceptors (Lipinski definition) is 3. The van der Waals surface area contributed by atoms with Crippen LogP contribution in [-0.2, 0) is 0 Å². The third kappa shape index (κ3) is 2.80. The van der Waals surface area contributed by atoms with Gasteiger partial charge in [-0.1, -0.05) is 48.2 Å². The number of para-hydroxylation sites is 1. The Hall–Kier alpha value is -2.40. The van der Waals surface area contributed by atoms with Crippen molar-refractivity contribution in [3.63, 3.8) is 0 Å². The van der Waals surface area contributed by atoms with E-state index < -0.39 is 0 Å². The molecular formula is C17H14FN3S. The Morgan fingerprint density at radius 3 is 2.50 bits per heavy atom. The van der Waals surface area contributed by atoms with Crippen LogP contribution in [0.3, 0.4) is 0 Å². The maximum atomic E-state index is 14.1. The molecule has 0 saturated carbocycles. The Balaban J connectivity index is 2.17. The van der Waals surface area contributed by atoms with E-state index in [1.165, 1.54) is 17.8 Å². The minimum Gasteiger partial charge on any atom is -0.270 e. The van der Waals surface area contributed by atoms with E-state index in [-0.39, 0.29) is 5.82 Å². The van der Waals surface area contributed by atoms with Crippen molar-refractivity contribution in [2.45, 2.75) is 5.16 Å². The topological polar surface area (TPSA) is 30.7 Å². The lowest BCUT2D eigenvalue weighted by Crippen LogP contribution is -2.00. The van der Waals surface area contributed by atoms with Crippen molar-refractivity contribution < 1.29 is 4.39 Å². The average molecular weight is 311 g/mol. The van der Waals surface area contributed by atoms with E-state index >= 15 is 0 Å². The lowest BCUT2D eigenvalue weighted by molar-refractivity contribution is 0.629. The molecule has 0 saturated heterocycles. The van der Waals surface area contributed by atoms with Gasteiger partial charge in [-0.05, 0) is 24.3 Å². The summed E-state index contributed by atoms with van der Waals surface area (Å²) in [6.45, 7) is 3.72. The maximum Gasteiger partial charge on any atom is 0.196 e. The minimum absolute atomic E-state index is 0.313. The highest BCUT2D eigenvalue weighted by Gasteiger charge is 2.17. The summed E-state index contributed by atoms with van der Waals surface area (Å²) in [7, 11) is 0. The third-order valence-electron chi connectivity index (χ3n) is 3.09. The molecule has 0 aliphatic rings. The van der Waals surface area contributed by atoms with E-state index in [0.717, 1.165) is 5.69 Å². The van der Waals surface area contributed by atoms with Gasteiger partial charge in [-0.25, -0.2) is 4.39 Å². The van der Waals surface area contributed by atoms with Crippen molar-refractivity contribution in [2.24, 2.45) is 0 Å². The summed E-state index contributed by atoms with van der Waals surface area (Å²) in [6, 6.07) is 16.3. The summed E-state index contributed by atoms with van der Waals surface area (Å²) in [5, 5.41) is 9.12. The standard InChI is InChI=1S/C17H14FN3S/c1-2-12-22-17-20-19-16(14-10-6-7-11-15(14)18)21(17)13-8-4-3-5-9-13/h2-11H,1,12H2. The molecule has 0 aliphatic carbocycles. The molecule has 1 aromatic heterocycles. The fourth-order valence-electron chi connectivity index (χ4n) is 2.12. The molecule has 1 heterocycles. The second kappa shape index (κ2) is 6.58. The molecule has 0 atom stereocenters. The highest BCUT2D eigenvalue weighted by molar-refractivity contribution is 7.99. The zero-order valence-corrected chi connectivity index (χ0v) is 12.6. The summed E-state index contributed by atoms with van der Waals surface area (Å²) in [5.74, 6) is 0.894. The lowest BCUT2D eigenvalue weighted by atomic mass is 10.2. The fourth-order valence-corrected chi connectivity index (χ4v) is 2.81. The lowest BCUT2D eigenvalue weighted by Gasteiger charge is -2.10. The molecule has 0 bridgehead atoms. The minimum atomic E-state index is -0.313. The molecule has 0 unspecified atom stereocenters. The Labute approximate surface area is 132 Å². The van der Waals surface area contributed by atoms with Gasteiger partial charge in [0.1, 0.15) is 5.82 Å². The van der Waals surface area contributed by atoms with Crippen molar-refractivity contribution in [1.29, 1.82) is 0 Å². The molecule has 22 heavy (non-hydrogen) atoms. The van der Waals surface area contributed by atoms with Crippen LogP contribution in [0.1, 0.15) is 0 Å². The van der Waals surface area contributed by atoms with Gasteiger partial charge < -0.3 is 0 Å². The van der Waals surface area contributed by atoms with E-state index in [1.807, 2.05) is 34.9 Å². The number of thioether (sulfide) groups is 1. The van der Waals surface area contributed by atoms with Crippen LogP contribution in [0.2, 0.25) is 0 Å². The van der Waals surface area contributed by atoms with Gasteiger partial charge in [-0.3, -0.25) is 4.57 Å². The van der Waals surface area contributed by atoms with Crippen LogP contribution in [0.25, 0.3) is 17.1 Å². The van der Waals surface area contributed by atoms with Gasteiger partial charge in [0.2, 0.25) is 0 Å². The zero-order valence-electron chi connectivity index (χ0n) is 11.8. The number of aromatic nitrogens is 3. The second-order valence-corrected chi connectivity index (χ2v) is 5.54. The molecule has 0 fully saturated rings. The quantitative estimate of drug-likeness (QED) is 0.518. The summed E-state index contributed by atoms with van der Waals surface area (Å²) < 4.78 is 16.0. The normalized spacial score (nSPS) is 10.6. The molecule has 0 amide bonds. The molecule has 3 nitrogen and oxygen atoms in total. The monoisotopic (exact) mass is 311 g/mol. The molecule has 5 heteroatoms. The number of rotatable bonds is 5. The van der Waals surface area contributed by atoms with E-state index in [9.17, 15) is 4.39 Å². The first kappa shape index (κ1) is 14.5. The Morgan fingerprint density at radius 1 is 1.05 bits per heavy atom. The second-order valence-electron chi connectivity index (χ2n) is 4.56. The van der Waals surface area contributed by atoms with Crippen LogP contribution in [0, 0.1) is 5.82 Å². The van der Waals surface area contributed by atoms with E-state index in [2.05, 4.69) is 16.8 Å². The Kier molecular flexibility index (Phi) is 4.34. The van der Waals surface area contributed by atoms with Crippen molar-refractivity contribution in [1.82, 2.24) is 14.8 Å². The van der Waals surface area contributed by atoms with Crippen LogP contribution in [-0.4, -0.2) is 20.5 Å². The van der Waals surface area contributed by atoms with Crippen molar-refractivity contribution in [3.05, 3.63) is 73.1 Å². The van der Waals surface area contributed by atoms with Gasteiger partial charge in [0.15, 0.2) is 11.0 Å². The first-order valence-corrected chi connectivity index (χ1v) is 7.79. The largest absolute Gasteiger partial charge is 0.270 e. The predicted molar refractivity (Wildman–Crippen MR) is 87.7 cm³/mol. The molecule has 0 N–H and O–H groups in total. The summed E-state index contributed by atoms with van der Waals surface area (Å²) in [4.78, 5) is 0. The van der Waals surface area contributed by atoms with E-state index in [4.69, 9.17) is 0 Å². The highest BCUT2D eigenvalue weighted by atomic mass is 32.2. The predicted octanol–water partition coefficient (Wildman–Crippen LogP) is 4.35. The number of hydrogen-bond donors (Lipinski definition) is 0. The van der Waals surface area contributed by atoms with Crippen LogP contribution in [0.5, 0.6) is 0 Å². The van der Waals surface area contributed by atoms with Gasteiger partial charge in [0.25, 0.3) is 0 Å². The number of nitrogens with zero attached hydrogens (tertiary/aromatic N) is 3. The smallest absolute Gasteiger partial charge is 0.196 e. The van der Waals surface area contributed by atoms with Crippen molar-refractivity contribution in [2.75, 3.05) is 5.75 Å². The molecule has 0 radical (unpaired) electrons. The SMILES string of the molecule is C=CCSc1nnc(-c2ccccc2F)n1-c1ccccc1. The Morgan fingerprint density at radius 2 is 1.77 bits per heavy atom. The van der Waals surface area contributed by atoms with Crippen LogP contribution in [0.15, 0.2) is 72.4 Å². The Bertz CT molecular complexity index is 784. The number of halogens is 1. The maximum absolute atomic E-state index is 14.1. The van der Waals surface area contributed by atoms with Crippen molar-refractivity contribution >= 4 is 11.8 Å². The van der Waals surface area contributed by atoms with E-state index in [0.29, 0.717) is 22.3 Å². The van der Waals surface area contributed by atoms with Crippen LogP contribution in [0.4, 0.5) is 4.39 Å². The molecule has 3 aromatic rings. The highest BCUT2D eigenvalue weighted by Crippen LogP contribution is 2.29. The van der Waals surface area contributed by atoms with Gasteiger partial charge in [-0.15, -0.1) is 16.8 Å². The molecule has 0 spiro atoms. The van der Waals surface area contributed by atoms with Crippen molar-refractivity contribution in [3.8, 4) is 17.1 Å². The zero-order chi connectivity index (χ0) is 15.4. The molecule has 110 valence electrons. The van der Waals surface area contributed by atoms with Crippen LogP contribution < -0.4 is 0 Å². The summed E-state index contributed by atoms with van der Waals surface area (Å²) in [5.41, 5.74) is 1.33. The third-order valence-corrected chi connectivity index (χ3v) is 4.02. The fraction of sp³-hybridized carbons (Fsp3) is 0.0588. The van der Waals surface area contributed by atoms with Gasteiger partial charge in [-0.2, -0.15) is 0 Å². The first-order valence-electron chi connectivity index (χ1n) is 6.80. The average Bonchev–Trinajstić information content (AvgIpc) is 2.98. The van der Waals surface area contributed by atoms with Gasteiger partial charge >= 0.3 is 0 Å². The number of benzene rings is 2. The summed E-state index contributed by atoms with van der Waals surface area (Å²) in [6.07, 6.45) is 1.80. The molecule has 3 rings (SSSR count). The molecule has 2 aromatic carbocycles. The van der Waals surface area contributed by atoms with Gasteiger partial charge in [0.05, 0.1) is 5.56 Å². The molecular weight excluding hydrogens is 297 g/mol. The molecule has 0 aliphatic heterocycles. The first-order chi connectivity index (χ1) is 10.8. The van der Waals surface area contributed by atoms with Crippen LogP contribution >= 0.6 is 11.8 Å². The van der Waals surface area contributed by atoms with Gasteiger partial charge in [0, 0.05) is 11.4 Å².